The Morgan fingerprint density at radius 1 is 0.955 bits per heavy atom. The lowest BCUT2D eigenvalue weighted by Crippen LogP contribution is -2.06. The van der Waals surface area contributed by atoms with E-state index in [1.54, 1.807) is 30.3 Å². The first kappa shape index (κ1) is 16.9. The van der Waals surface area contributed by atoms with Crippen molar-refractivity contribution < 1.29 is 8.42 Å². The zero-order valence-electron chi connectivity index (χ0n) is 12.7. The van der Waals surface area contributed by atoms with Crippen molar-refractivity contribution in [2.75, 3.05) is 5.75 Å². The Balaban J connectivity index is 2.28. The molecule has 2 aromatic rings. The van der Waals surface area contributed by atoms with Crippen molar-refractivity contribution in [3.05, 3.63) is 66.2 Å². The summed E-state index contributed by atoms with van der Waals surface area (Å²) in [5.41, 5.74) is 1.13. The maximum absolute atomic E-state index is 12.4. The van der Waals surface area contributed by atoms with Gasteiger partial charge in [0.1, 0.15) is 0 Å². The summed E-state index contributed by atoms with van der Waals surface area (Å²) in [6.45, 7) is 2.11. The van der Waals surface area contributed by atoms with Crippen LogP contribution in [-0.2, 0) is 26.5 Å². The van der Waals surface area contributed by atoms with E-state index in [2.05, 4.69) is 10.7 Å². The van der Waals surface area contributed by atoms with Gasteiger partial charge in [-0.15, -0.1) is 3.77 Å². The van der Waals surface area contributed by atoms with Gasteiger partial charge in [0.15, 0.2) is 0 Å². The molecule has 0 spiro atoms. The van der Waals surface area contributed by atoms with E-state index in [0.717, 1.165) is 24.2 Å². The molecule has 118 valence electrons. The summed E-state index contributed by atoms with van der Waals surface area (Å²) < 4.78 is 29.1. The molecular weight excluding hydrogens is 314 g/mol. The Kier molecular flexibility index (Phi) is 6.34. The molecule has 2 rings (SSSR count). The molecule has 0 aliphatic carbocycles. The van der Waals surface area contributed by atoms with Crippen molar-refractivity contribution in [1.29, 1.82) is 0 Å². The highest BCUT2D eigenvalue weighted by Gasteiger charge is 2.13. The first-order chi connectivity index (χ1) is 10.6. The van der Waals surface area contributed by atoms with E-state index in [1.807, 2.05) is 30.3 Å². The molecule has 0 bridgehead atoms. The van der Waals surface area contributed by atoms with Crippen LogP contribution in [-0.4, -0.2) is 14.2 Å². The largest absolute Gasteiger partial charge is 0.287 e. The number of nitrogens with zero attached hydrogens (tertiary/aromatic N) is 1. The van der Waals surface area contributed by atoms with Crippen LogP contribution in [0.25, 0.3) is 0 Å². The van der Waals surface area contributed by atoms with Gasteiger partial charge in [-0.2, -0.15) is 8.42 Å². The molecule has 0 amide bonds. The molecule has 1 atom stereocenters. The summed E-state index contributed by atoms with van der Waals surface area (Å²) >= 11 is 0. The molecule has 2 aromatic carbocycles. The minimum atomic E-state index is -3.57. The third-order valence-corrected chi connectivity index (χ3v) is 7.08. The predicted molar refractivity (Wildman–Crippen MR) is 93.3 cm³/mol. The number of sulfonamides is 1. The standard InChI is InChI=1S/C17H21NO2S2/c1-2-3-14-21(15-16-10-6-4-7-11-16)18-22(19,20)17-12-8-5-9-13-17/h4-13H,2-3,14-15H2,1H3/t21-/m0/s1. The second-order valence-electron chi connectivity index (χ2n) is 5.01. The van der Waals surface area contributed by atoms with Crippen LogP contribution in [0, 0.1) is 0 Å². The highest BCUT2D eigenvalue weighted by atomic mass is 32.3. The zero-order valence-corrected chi connectivity index (χ0v) is 14.3. The molecule has 0 unspecified atom stereocenters. The van der Waals surface area contributed by atoms with Crippen molar-refractivity contribution in [1.82, 2.24) is 0 Å². The third kappa shape index (κ3) is 5.07. The third-order valence-electron chi connectivity index (χ3n) is 3.15. The Morgan fingerprint density at radius 3 is 2.14 bits per heavy atom. The highest BCUT2D eigenvalue weighted by Crippen LogP contribution is 2.15. The SMILES string of the molecule is CCCC[S@@](Cc1ccccc1)=NS(=O)(=O)c1ccccc1. The van der Waals surface area contributed by atoms with Crippen molar-refractivity contribution >= 4 is 20.7 Å². The molecule has 0 saturated heterocycles. The topological polar surface area (TPSA) is 46.5 Å². The maximum atomic E-state index is 12.4. The van der Waals surface area contributed by atoms with Crippen LogP contribution in [0.2, 0.25) is 0 Å². The van der Waals surface area contributed by atoms with Gasteiger partial charge in [-0.3, -0.25) is 0 Å². The predicted octanol–water partition coefficient (Wildman–Crippen LogP) is 4.18. The number of hydrogen-bond acceptors (Lipinski definition) is 2. The molecule has 0 radical (unpaired) electrons. The quantitative estimate of drug-likeness (QED) is 0.762. The minimum absolute atomic E-state index is 0.275. The molecule has 0 saturated carbocycles. The molecule has 3 nitrogen and oxygen atoms in total. The summed E-state index contributed by atoms with van der Waals surface area (Å²) in [4.78, 5) is 0.275. The maximum Gasteiger partial charge on any atom is 0.287 e. The highest BCUT2D eigenvalue weighted by molar-refractivity contribution is 7.99. The van der Waals surface area contributed by atoms with Crippen LogP contribution >= 0.6 is 0 Å². The van der Waals surface area contributed by atoms with E-state index in [9.17, 15) is 8.42 Å². The minimum Gasteiger partial charge on any atom is -0.199 e. The van der Waals surface area contributed by atoms with Crippen molar-refractivity contribution in [2.45, 2.75) is 30.4 Å². The van der Waals surface area contributed by atoms with E-state index in [-0.39, 0.29) is 4.90 Å². The second kappa shape index (κ2) is 8.25. The monoisotopic (exact) mass is 335 g/mol. The number of unbranched alkanes of at least 4 members (excludes halogenated alkanes) is 1. The van der Waals surface area contributed by atoms with Crippen LogP contribution in [0.5, 0.6) is 0 Å². The first-order valence-corrected chi connectivity index (χ1v) is 10.3. The van der Waals surface area contributed by atoms with E-state index in [0.29, 0.717) is 5.75 Å². The molecule has 0 heterocycles. The normalized spacial score (nSPS) is 13.1. The fourth-order valence-corrected chi connectivity index (χ4v) is 5.80. The summed E-state index contributed by atoms with van der Waals surface area (Å²) in [5.74, 6) is 1.50. The molecule has 0 aliphatic heterocycles. The van der Waals surface area contributed by atoms with Crippen LogP contribution in [0.15, 0.2) is 69.3 Å². The summed E-state index contributed by atoms with van der Waals surface area (Å²) in [6, 6.07) is 18.4. The lowest BCUT2D eigenvalue weighted by Gasteiger charge is -2.08. The van der Waals surface area contributed by atoms with Gasteiger partial charge in [0.05, 0.1) is 4.90 Å². The van der Waals surface area contributed by atoms with Crippen molar-refractivity contribution in [3.63, 3.8) is 0 Å². The van der Waals surface area contributed by atoms with Crippen LogP contribution in [0.4, 0.5) is 0 Å². The van der Waals surface area contributed by atoms with Crippen LogP contribution in [0.3, 0.4) is 0 Å². The number of rotatable bonds is 7. The van der Waals surface area contributed by atoms with Gasteiger partial charge >= 0.3 is 0 Å². The van der Waals surface area contributed by atoms with E-state index < -0.39 is 20.7 Å². The molecule has 5 heteroatoms. The van der Waals surface area contributed by atoms with Gasteiger partial charge in [-0.05, 0) is 24.1 Å². The molecule has 0 aliphatic rings. The fourth-order valence-electron chi connectivity index (χ4n) is 1.99. The van der Waals surface area contributed by atoms with Crippen LogP contribution in [0.1, 0.15) is 25.3 Å². The van der Waals surface area contributed by atoms with Crippen molar-refractivity contribution in [2.24, 2.45) is 3.77 Å². The summed E-state index contributed by atoms with van der Waals surface area (Å²) in [6.07, 6.45) is 2.03. The fraction of sp³-hybridized carbons (Fsp3) is 0.294. The van der Waals surface area contributed by atoms with Crippen LogP contribution < -0.4 is 0 Å². The second-order valence-corrected chi connectivity index (χ2v) is 8.65. The van der Waals surface area contributed by atoms with Gasteiger partial charge in [0.25, 0.3) is 10.0 Å². The average molecular weight is 335 g/mol. The molecule has 0 fully saturated rings. The van der Waals surface area contributed by atoms with Gasteiger partial charge in [0.2, 0.25) is 0 Å². The smallest absolute Gasteiger partial charge is 0.199 e. The Bertz CT molecular complexity index is 711. The average Bonchev–Trinajstić information content (AvgIpc) is 2.54. The Morgan fingerprint density at radius 2 is 1.55 bits per heavy atom. The zero-order chi connectivity index (χ0) is 15.8. The Hall–Kier alpha value is -1.46. The molecule has 22 heavy (non-hydrogen) atoms. The molecule has 0 N–H and O–H groups in total. The number of benzene rings is 2. The van der Waals surface area contributed by atoms with Gasteiger partial charge in [-0.25, -0.2) is 0 Å². The van der Waals surface area contributed by atoms with Gasteiger partial charge in [0, 0.05) is 11.5 Å². The lowest BCUT2D eigenvalue weighted by atomic mass is 10.2. The molecular formula is C17H21NO2S2. The lowest BCUT2D eigenvalue weighted by molar-refractivity contribution is 0.598. The number of hydrogen-bond donors (Lipinski definition) is 0. The first-order valence-electron chi connectivity index (χ1n) is 7.36. The van der Waals surface area contributed by atoms with E-state index in [4.69, 9.17) is 0 Å². The van der Waals surface area contributed by atoms with Gasteiger partial charge in [-0.1, -0.05) is 72.6 Å². The summed E-state index contributed by atoms with van der Waals surface area (Å²) in [5, 5.41) is 0. The summed E-state index contributed by atoms with van der Waals surface area (Å²) in [7, 11) is -4.08. The van der Waals surface area contributed by atoms with E-state index in [1.165, 1.54) is 0 Å². The Labute approximate surface area is 135 Å². The van der Waals surface area contributed by atoms with Crippen molar-refractivity contribution in [3.8, 4) is 0 Å². The van der Waals surface area contributed by atoms with Gasteiger partial charge < -0.3 is 0 Å². The van der Waals surface area contributed by atoms with E-state index >= 15 is 0 Å². The molecule has 0 aromatic heterocycles.